The summed E-state index contributed by atoms with van der Waals surface area (Å²) in [6.45, 7) is 6.15. The zero-order chi connectivity index (χ0) is 16.4. The summed E-state index contributed by atoms with van der Waals surface area (Å²) in [6, 6.07) is 5.80. The molecule has 1 atom stereocenters. The molecule has 3 rings (SSSR count). The molecule has 0 radical (unpaired) electrons. The lowest BCUT2D eigenvalue weighted by molar-refractivity contribution is -0.116. The van der Waals surface area contributed by atoms with E-state index in [1.165, 1.54) is 12.8 Å². The Hall–Kier alpha value is -1.59. The fourth-order valence-electron chi connectivity index (χ4n) is 3.44. The first-order chi connectivity index (χ1) is 11.0. The van der Waals surface area contributed by atoms with Crippen LogP contribution >= 0.6 is 12.4 Å². The number of fused-ring (bicyclic) bond motifs is 1. The highest BCUT2D eigenvalue weighted by Crippen LogP contribution is 2.29. The Bertz CT molecular complexity index is 631. The van der Waals surface area contributed by atoms with Gasteiger partial charge in [-0.1, -0.05) is 13.8 Å². The quantitative estimate of drug-likeness (QED) is 0.783. The number of piperidine rings is 1. The SMILES string of the molecule is CC1(C)CCCNC1CNC(=O)c1ccc2c(c1)CCC(=O)N2.Cl. The molecule has 0 bridgehead atoms. The summed E-state index contributed by atoms with van der Waals surface area (Å²) in [5.74, 6) is -0.00632. The summed E-state index contributed by atoms with van der Waals surface area (Å²) in [6.07, 6.45) is 3.55. The first kappa shape index (κ1) is 18.7. The van der Waals surface area contributed by atoms with Gasteiger partial charge in [0.1, 0.15) is 0 Å². The van der Waals surface area contributed by atoms with Gasteiger partial charge in [0.25, 0.3) is 5.91 Å². The molecule has 2 aliphatic rings. The van der Waals surface area contributed by atoms with Crippen molar-refractivity contribution in [1.29, 1.82) is 0 Å². The van der Waals surface area contributed by atoms with Crippen molar-refractivity contribution in [3.05, 3.63) is 29.3 Å². The number of halogens is 1. The van der Waals surface area contributed by atoms with Gasteiger partial charge in [0.05, 0.1) is 0 Å². The van der Waals surface area contributed by atoms with E-state index in [9.17, 15) is 9.59 Å². The van der Waals surface area contributed by atoms with Crippen molar-refractivity contribution in [2.45, 2.75) is 45.6 Å². The molecular formula is C18H26ClN3O2. The number of rotatable bonds is 3. The van der Waals surface area contributed by atoms with Crippen LogP contribution in [-0.4, -0.2) is 30.9 Å². The zero-order valence-electron chi connectivity index (χ0n) is 14.3. The normalized spacial score (nSPS) is 21.9. The van der Waals surface area contributed by atoms with Crippen LogP contribution < -0.4 is 16.0 Å². The van der Waals surface area contributed by atoms with Crippen LogP contribution in [0.2, 0.25) is 0 Å². The molecule has 6 heteroatoms. The van der Waals surface area contributed by atoms with Gasteiger partial charge >= 0.3 is 0 Å². The summed E-state index contributed by atoms with van der Waals surface area (Å²) in [4.78, 5) is 23.8. The Kier molecular flexibility index (Phi) is 5.88. The highest BCUT2D eigenvalue weighted by Gasteiger charge is 2.32. The van der Waals surface area contributed by atoms with Gasteiger partial charge in [-0.05, 0) is 55.0 Å². The number of aryl methyl sites for hydroxylation is 1. The maximum Gasteiger partial charge on any atom is 0.251 e. The third kappa shape index (κ3) is 4.08. The monoisotopic (exact) mass is 351 g/mol. The van der Waals surface area contributed by atoms with Gasteiger partial charge in [-0.2, -0.15) is 0 Å². The molecule has 1 unspecified atom stereocenters. The fourth-order valence-corrected chi connectivity index (χ4v) is 3.44. The van der Waals surface area contributed by atoms with E-state index in [1.807, 2.05) is 12.1 Å². The summed E-state index contributed by atoms with van der Waals surface area (Å²) < 4.78 is 0. The molecule has 1 saturated heterocycles. The minimum atomic E-state index is -0.0483. The molecule has 132 valence electrons. The predicted octanol–water partition coefficient (Wildman–Crippen LogP) is 2.50. The van der Waals surface area contributed by atoms with Crippen molar-refractivity contribution >= 4 is 29.9 Å². The molecular weight excluding hydrogens is 326 g/mol. The molecule has 24 heavy (non-hydrogen) atoms. The van der Waals surface area contributed by atoms with Crippen LogP contribution in [0.1, 0.15) is 49.0 Å². The van der Waals surface area contributed by atoms with E-state index in [-0.39, 0.29) is 29.6 Å². The minimum absolute atomic E-state index is 0. The second-order valence-electron chi connectivity index (χ2n) is 7.23. The van der Waals surface area contributed by atoms with Crippen LogP contribution in [0, 0.1) is 5.41 Å². The average molecular weight is 352 g/mol. The van der Waals surface area contributed by atoms with Gasteiger partial charge in [0.15, 0.2) is 0 Å². The molecule has 5 nitrogen and oxygen atoms in total. The van der Waals surface area contributed by atoms with E-state index in [1.54, 1.807) is 6.07 Å². The van der Waals surface area contributed by atoms with E-state index < -0.39 is 0 Å². The van der Waals surface area contributed by atoms with Gasteiger partial charge in [0.2, 0.25) is 5.91 Å². The van der Waals surface area contributed by atoms with Crippen LogP contribution in [0.5, 0.6) is 0 Å². The number of hydrogen-bond acceptors (Lipinski definition) is 3. The largest absolute Gasteiger partial charge is 0.350 e. The number of anilines is 1. The summed E-state index contributed by atoms with van der Waals surface area (Å²) in [7, 11) is 0. The number of carbonyl (C=O) groups is 2. The van der Waals surface area contributed by atoms with E-state index >= 15 is 0 Å². The Morgan fingerprint density at radius 1 is 1.33 bits per heavy atom. The number of carbonyl (C=O) groups excluding carboxylic acids is 2. The summed E-state index contributed by atoms with van der Waals surface area (Å²) >= 11 is 0. The molecule has 1 fully saturated rings. The second-order valence-corrected chi connectivity index (χ2v) is 7.23. The van der Waals surface area contributed by atoms with E-state index in [4.69, 9.17) is 0 Å². The lowest BCUT2D eigenvalue weighted by Gasteiger charge is -2.39. The summed E-state index contributed by atoms with van der Waals surface area (Å²) in [5, 5.41) is 9.40. The van der Waals surface area contributed by atoms with Crippen molar-refractivity contribution in [2.24, 2.45) is 5.41 Å². The van der Waals surface area contributed by atoms with Crippen LogP contribution in [-0.2, 0) is 11.2 Å². The smallest absolute Gasteiger partial charge is 0.251 e. The third-order valence-electron chi connectivity index (χ3n) is 5.06. The first-order valence-corrected chi connectivity index (χ1v) is 8.40. The predicted molar refractivity (Wildman–Crippen MR) is 97.8 cm³/mol. The Labute approximate surface area is 149 Å². The minimum Gasteiger partial charge on any atom is -0.350 e. The molecule has 0 aliphatic carbocycles. The van der Waals surface area contributed by atoms with E-state index in [0.29, 0.717) is 31.0 Å². The molecule has 0 aromatic heterocycles. The van der Waals surface area contributed by atoms with Crippen molar-refractivity contribution in [1.82, 2.24) is 10.6 Å². The van der Waals surface area contributed by atoms with E-state index in [0.717, 1.165) is 17.8 Å². The van der Waals surface area contributed by atoms with Gasteiger partial charge in [0, 0.05) is 30.3 Å². The second kappa shape index (κ2) is 7.53. The van der Waals surface area contributed by atoms with Crippen LogP contribution in [0.4, 0.5) is 5.69 Å². The molecule has 0 saturated carbocycles. The van der Waals surface area contributed by atoms with Gasteiger partial charge in [-0.3, -0.25) is 9.59 Å². The zero-order valence-corrected chi connectivity index (χ0v) is 15.1. The number of nitrogens with one attached hydrogen (secondary N) is 3. The highest BCUT2D eigenvalue weighted by molar-refractivity contribution is 5.97. The molecule has 2 amide bonds. The number of hydrogen-bond donors (Lipinski definition) is 3. The number of benzene rings is 1. The molecule has 1 aromatic carbocycles. The first-order valence-electron chi connectivity index (χ1n) is 8.40. The lowest BCUT2D eigenvalue weighted by Crippen LogP contribution is -2.52. The molecule has 1 aromatic rings. The van der Waals surface area contributed by atoms with Crippen LogP contribution in [0.15, 0.2) is 18.2 Å². The van der Waals surface area contributed by atoms with E-state index in [2.05, 4.69) is 29.8 Å². The number of amides is 2. The molecule has 2 heterocycles. The van der Waals surface area contributed by atoms with Crippen molar-refractivity contribution < 1.29 is 9.59 Å². The maximum absolute atomic E-state index is 12.4. The van der Waals surface area contributed by atoms with Gasteiger partial charge in [-0.25, -0.2) is 0 Å². The Morgan fingerprint density at radius 3 is 2.88 bits per heavy atom. The van der Waals surface area contributed by atoms with Crippen LogP contribution in [0.25, 0.3) is 0 Å². The molecule has 0 spiro atoms. The maximum atomic E-state index is 12.4. The van der Waals surface area contributed by atoms with Crippen LogP contribution in [0.3, 0.4) is 0 Å². The fraction of sp³-hybridized carbons (Fsp3) is 0.556. The van der Waals surface area contributed by atoms with Gasteiger partial charge < -0.3 is 16.0 Å². The molecule has 3 N–H and O–H groups in total. The Morgan fingerprint density at radius 2 is 2.12 bits per heavy atom. The highest BCUT2D eigenvalue weighted by atomic mass is 35.5. The Balaban J connectivity index is 0.00000208. The topological polar surface area (TPSA) is 70.2 Å². The summed E-state index contributed by atoms with van der Waals surface area (Å²) in [5.41, 5.74) is 2.72. The average Bonchev–Trinajstić information content (AvgIpc) is 2.52. The third-order valence-corrected chi connectivity index (χ3v) is 5.06. The lowest BCUT2D eigenvalue weighted by atomic mass is 9.77. The standard InChI is InChI=1S/C18H25N3O2.ClH/c1-18(2)8-3-9-19-15(18)11-20-17(23)13-4-6-14-12(10-13)5-7-16(22)21-14;/h4,6,10,15,19H,3,5,7-9,11H2,1-2H3,(H,20,23)(H,21,22);1H. The molecule has 2 aliphatic heterocycles. The van der Waals surface area contributed by atoms with Crippen molar-refractivity contribution in [2.75, 3.05) is 18.4 Å². The van der Waals surface area contributed by atoms with Gasteiger partial charge in [-0.15, -0.1) is 12.4 Å². The van der Waals surface area contributed by atoms with Crippen molar-refractivity contribution in [3.8, 4) is 0 Å². The van der Waals surface area contributed by atoms with Crippen molar-refractivity contribution in [3.63, 3.8) is 0 Å².